The largest absolute Gasteiger partial charge is 0.508 e. The van der Waals surface area contributed by atoms with Crippen LogP contribution in [0.3, 0.4) is 0 Å². The van der Waals surface area contributed by atoms with Gasteiger partial charge in [-0.2, -0.15) is 0 Å². The topological polar surface area (TPSA) is 52.5 Å². The molecule has 82 valence electrons. The summed E-state index contributed by atoms with van der Waals surface area (Å²) in [5.74, 6) is 0.153. The monoisotopic (exact) mass is 227 g/mol. The van der Waals surface area contributed by atoms with Crippen LogP contribution in [-0.4, -0.2) is 28.9 Å². The molecule has 1 unspecified atom stereocenters. The summed E-state index contributed by atoms with van der Waals surface area (Å²) in [6.07, 6.45) is 1.27. The molecule has 1 aromatic rings. The molecule has 15 heavy (non-hydrogen) atoms. The van der Waals surface area contributed by atoms with Gasteiger partial charge in [0.1, 0.15) is 5.75 Å². The van der Waals surface area contributed by atoms with Gasteiger partial charge in [-0.05, 0) is 30.7 Å². The molecule has 3 N–H and O–H groups in total. The summed E-state index contributed by atoms with van der Waals surface area (Å²) >= 11 is 5.98. The van der Waals surface area contributed by atoms with Crippen LogP contribution in [0.1, 0.15) is 12.0 Å². The zero-order valence-electron chi connectivity index (χ0n) is 8.33. The smallest absolute Gasteiger partial charge is 0.117 e. The quantitative estimate of drug-likeness (QED) is 0.714. The van der Waals surface area contributed by atoms with E-state index in [-0.39, 0.29) is 5.75 Å². The summed E-state index contributed by atoms with van der Waals surface area (Å²) in [6.45, 7) is 1.44. The van der Waals surface area contributed by atoms with Gasteiger partial charge in [0.15, 0.2) is 0 Å². The Labute approximate surface area is 93.7 Å². The highest BCUT2D eigenvalue weighted by molar-refractivity contribution is 6.31. The predicted molar refractivity (Wildman–Crippen MR) is 59.3 cm³/mol. The van der Waals surface area contributed by atoms with Gasteiger partial charge >= 0.3 is 0 Å². The number of phenolic OH excluding ortho intramolecular Hbond substituents is 1. The molecule has 0 saturated carbocycles. The molecule has 0 aliphatic carbocycles. The van der Waals surface area contributed by atoms with E-state index in [1.807, 2.05) is 0 Å². The van der Waals surface area contributed by atoms with Gasteiger partial charge in [-0.25, -0.2) is 0 Å². The fourth-order valence-electron chi connectivity index (χ4n) is 1.92. The van der Waals surface area contributed by atoms with E-state index in [2.05, 4.69) is 5.32 Å². The number of β-amino-alcohol motifs (C(OH)–C–C–N with tert-alkyl or cyclic N) is 1. The van der Waals surface area contributed by atoms with Gasteiger partial charge in [0.05, 0.1) is 5.60 Å². The number of aliphatic hydroxyl groups is 1. The highest BCUT2D eigenvalue weighted by Crippen LogP contribution is 2.27. The van der Waals surface area contributed by atoms with Crippen LogP contribution in [0.15, 0.2) is 18.2 Å². The average Bonchev–Trinajstić information content (AvgIpc) is 2.58. The highest BCUT2D eigenvalue weighted by Gasteiger charge is 2.31. The SMILES string of the molecule is Oc1ccc(CC2(O)CCNC2)c(Cl)c1. The number of phenols is 1. The number of halogens is 1. The Morgan fingerprint density at radius 2 is 2.27 bits per heavy atom. The average molecular weight is 228 g/mol. The third kappa shape index (κ3) is 2.43. The zero-order valence-corrected chi connectivity index (χ0v) is 9.09. The van der Waals surface area contributed by atoms with Crippen molar-refractivity contribution >= 4 is 11.6 Å². The van der Waals surface area contributed by atoms with Crippen molar-refractivity contribution in [3.63, 3.8) is 0 Å². The Kier molecular flexibility index (Phi) is 2.87. The van der Waals surface area contributed by atoms with Crippen LogP contribution in [0, 0.1) is 0 Å². The van der Waals surface area contributed by atoms with Crippen LogP contribution < -0.4 is 5.32 Å². The van der Waals surface area contributed by atoms with Gasteiger partial charge in [-0.3, -0.25) is 0 Å². The van der Waals surface area contributed by atoms with E-state index in [9.17, 15) is 10.2 Å². The lowest BCUT2D eigenvalue weighted by Crippen LogP contribution is -2.33. The van der Waals surface area contributed by atoms with Crippen LogP contribution >= 0.6 is 11.6 Å². The van der Waals surface area contributed by atoms with E-state index < -0.39 is 5.60 Å². The molecule has 1 aromatic carbocycles. The van der Waals surface area contributed by atoms with Gasteiger partial charge in [-0.1, -0.05) is 17.7 Å². The number of benzene rings is 1. The first kappa shape index (κ1) is 10.7. The molecule has 1 heterocycles. The number of hydrogen-bond donors (Lipinski definition) is 3. The van der Waals surface area contributed by atoms with E-state index in [1.165, 1.54) is 6.07 Å². The Morgan fingerprint density at radius 3 is 2.87 bits per heavy atom. The van der Waals surface area contributed by atoms with Crippen molar-refractivity contribution in [3.05, 3.63) is 28.8 Å². The molecule has 1 saturated heterocycles. The Bertz CT molecular complexity index is 362. The summed E-state index contributed by atoms with van der Waals surface area (Å²) in [7, 11) is 0. The first-order chi connectivity index (χ1) is 7.09. The summed E-state index contributed by atoms with van der Waals surface area (Å²) in [5.41, 5.74) is 0.182. The first-order valence-electron chi connectivity index (χ1n) is 5.00. The van der Waals surface area contributed by atoms with Crippen molar-refractivity contribution < 1.29 is 10.2 Å². The lowest BCUT2D eigenvalue weighted by Gasteiger charge is -2.21. The van der Waals surface area contributed by atoms with E-state index >= 15 is 0 Å². The molecule has 0 amide bonds. The molecule has 0 bridgehead atoms. The molecular formula is C11H14ClNO2. The fourth-order valence-corrected chi connectivity index (χ4v) is 2.16. The number of aromatic hydroxyl groups is 1. The highest BCUT2D eigenvalue weighted by atomic mass is 35.5. The van der Waals surface area contributed by atoms with Gasteiger partial charge < -0.3 is 15.5 Å². The fraction of sp³-hybridized carbons (Fsp3) is 0.455. The third-order valence-electron chi connectivity index (χ3n) is 2.78. The lowest BCUT2D eigenvalue weighted by molar-refractivity contribution is 0.0619. The minimum atomic E-state index is -0.694. The lowest BCUT2D eigenvalue weighted by atomic mass is 9.94. The molecule has 0 spiro atoms. The standard InChI is InChI=1S/C11H14ClNO2/c12-10-5-9(14)2-1-8(10)6-11(15)3-4-13-7-11/h1-2,5,13-15H,3-4,6-7H2. The second-order valence-corrected chi connectivity index (χ2v) is 4.51. The van der Waals surface area contributed by atoms with E-state index in [0.717, 1.165) is 18.5 Å². The first-order valence-corrected chi connectivity index (χ1v) is 5.37. The maximum Gasteiger partial charge on any atom is 0.117 e. The van der Waals surface area contributed by atoms with Crippen molar-refractivity contribution in [3.8, 4) is 5.75 Å². The molecule has 1 fully saturated rings. The predicted octanol–water partition coefficient (Wildman–Crippen LogP) is 1.31. The number of hydrogen-bond acceptors (Lipinski definition) is 3. The second kappa shape index (κ2) is 4.00. The molecule has 3 nitrogen and oxygen atoms in total. The maximum atomic E-state index is 10.2. The van der Waals surface area contributed by atoms with E-state index in [0.29, 0.717) is 18.0 Å². The molecule has 0 radical (unpaired) electrons. The normalized spacial score (nSPS) is 25.7. The van der Waals surface area contributed by atoms with Gasteiger partial charge in [-0.15, -0.1) is 0 Å². The number of nitrogens with one attached hydrogen (secondary N) is 1. The minimum Gasteiger partial charge on any atom is -0.508 e. The van der Waals surface area contributed by atoms with E-state index in [4.69, 9.17) is 11.6 Å². The van der Waals surface area contributed by atoms with Crippen molar-refractivity contribution in [2.75, 3.05) is 13.1 Å². The third-order valence-corrected chi connectivity index (χ3v) is 3.13. The van der Waals surface area contributed by atoms with Gasteiger partial charge in [0.25, 0.3) is 0 Å². The van der Waals surface area contributed by atoms with Crippen molar-refractivity contribution in [1.82, 2.24) is 5.32 Å². The molecule has 2 rings (SSSR count). The second-order valence-electron chi connectivity index (χ2n) is 4.10. The summed E-state index contributed by atoms with van der Waals surface area (Å²) in [6, 6.07) is 4.85. The van der Waals surface area contributed by atoms with Crippen LogP contribution in [0.4, 0.5) is 0 Å². The Morgan fingerprint density at radius 1 is 1.47 bits per heavy atom. The molecule has 1 aliphatic heterocycles. The zero-order chi connectivity index (χ0) is 10.9. The van der Waals surface area contributed by atoms with Crippen molar-refractivity contribution in [1.29, 1.82) is 0 Å². The van der Waals surface area contributed by atoms with E-state index in [1.54, 1.807) is 12.1 Å². The minimum absolute atomic E-state index is 0.153. The van der Waals surface area contributed by atoms with Crippen molar-refractivity contribution in [2.24, 2.45) is 0 Å². The van der Waals surface area contributed by atoms with Crippen molar-refractivity contribution in [2.45, 2.75) is 18.4 Å². The van der Waals surface area contributed by atoms with Crippen LogP contribution in [-0.2, 0) is 6.42 Å². The van der Waals surface area contributed by atoms with Gasteiger partial charge in [0, 0.05) is 18.0 Å². The Hall–Kier alpha value is -0.770. The molecule has 1 atom stereocenters. The molecule has 4 heteroatoms. The molecule has 1 aliphatic rings. The summed E-state index contributed by atoms with van der Waals surface area (Å²) < 4.78 is 0. The summed E-state index contributed by atoms with van der Waals surface area (Å²) in [4.78, 5) is 0. The van der Waals surface area contributed by atoms with Crippen LogP contribution in [0.5, 0.6) is 5.75 Å². The van der Waals surface area contributed by atoms with Crippen LogP contribution in [0.25, 0.3) is 0 Å². The number of rotatable bonds is 2. The maximum absolute atomic E-state index is 10.2. The summed E-state index contributed by atoms with van der Waals surface area (Å²) in [5, 5.41) is 23.0. The molecule has 0 aromatic heterocycles. The van der Waals surface area contributed by atoms with Gasteiger partial charge in [0.2, 0.25) is 0 Å². The molecular weight excluding hydrogens is 214 g/mol. The van der Waals surface area contributed by atoms with Crippen LogP contribution in [0.2, 0.25) is 5.02 Å². The Balaban J connectivity index is 2.16.